The first-order valence-corrected chi connectivity index (χ1v) is 6.96. The summed E-state index contributed by atoms with van der Waals surface area (Å²) >= 11 is 0. The fourth-order valence-corrected chi connectivity index (χ4v) is 2.45. The highest BCUT2D eigenvalue weighted by atomic mass is 16.3. The zero-order valence-electron chi connectivity index (χ0n) is 11.6. The summed E-state index contributed by atoms with van der Waals surface area (Å²) in [5, 5.41) is 24.6. The smallest absolute Gasteiger partial charge is 0.157 e. The Morgan fingerprint density at radius 3 is 2.48 bits per heavy atom. The van der Waals surface area contributed by atoms with Crippen molar-refractivity contribution in [3.05, 3.63) is 66.2 Å². The highest BCUT2D eigenvalue weighted by molar-refractivity contribution is 5.93. The van der Waals surface area contributed by atoms with Gasteiger partial charge in [0.25, 0.3) is 0 Å². The third kappa shape index (κ3) is 2.92. The monoisotopic (exact) mass is 279 g/mol. The fourth-order valence-electron chi connectivity index (χ4n) is 2.45. The summed E-state index contributed by atoms with van der Waals surface area (Å²) in [5.74, 6) is -0.154. The van der Waals surface area contributed by atoms with Gasteiger partial charge in [-0.1, -0.05) is 42.5 Å². The molecule has 0 aliphatic heterocycles. The van der Waals surface area contributed by atoms with Gasteiger partial charge in [0.2, 0.25) is 0 Å². The highest BCUT2D eigenvalue weighted by Gasteiger charge is 2.02. The average molecular weight is 279 g/mol. The lowest BCUT2D eigenvalue weighted by atomic mass is 10.1. The van der Waals surface area contributed by atoms with Crippen LogP contribution in [0.15, 0.2) is 60.7 Å². The zero-order chi connectivity index (χ0) is 14.7. The Morgan fingerprint density at radius 2 is 1.62 bits per heavy atom. The van der Waals surface area contributed by atoms with Crippen molar-refractivity contribution in [2.45, 2.75) is 6.42 Å². The standard InChI is InChI=1S/C18H17NO2/c20-17-9-8-13(12-18(17)21)10-11-19-16-7-3-5-14-4-1-2-6-15(14)16/h1-9,12,19-21H,10-11H2. The van der Waals surface area contributed by atoms with Crippen molar-refractivity contribution in [1.29, 1.82) is 0 Å². The summed E-state index contributed by atoms with van der Waals surface area (Å²) in [6.45, 7) is 0.762. The van der Waals surface area contributed by atoms with Crippen LogP contribution in [-0.4, -0.2) is 16.8 Å². The molecule has 0 aliphatic rings. The summed E-state index contributed by atoms with van der Waals surface area (Å²) in [6.07, 6.45) is 0.775. The number of phenolic OH excluding ortho intramolecular Hbond substituents is 2. The minimum atomic E-state index is -0.0826. The summed E-state index contributed by atoms with van der Waals surface area (Å²) in [6, 6.07) is 19.4. The number of hydrogen-bond donors (Lipinski definition) is 3. The fraction of sp³-hybridized carbons (Fsp3) is 0.111. The molecule has 0 unspecified atom stereocenters. The molecule has 3 N–H and O–H groups in total. The molecule has 0 fully saturated rings. The molecular weight excluding hydrogens is 262 g/mol. The van der Waals surface area contributed by atoms with E-state index in [1.54, 1.807) is 6.07 Å². The first-order chi connectivity index (χ1) is 10.2. The van der Waals surface area contributed by atoms with Crippen LogP contribution in [0.25, 0.3) is 10.8 Å². The van der Waals surface area contributed by atoms with Crippen LogP contribution in [0.2, 0.25) is 0 Å². The predicted octanol–water partition coefficient (Wildman–Crippen LogP) is 3.91. The number of aromatic hydroxyl groups is 2. The van der Waals surface area contributed by atoms with Gasteiger partial charge in [0.05, 0.1) is 0 Å². The number of hydrogen-bond acceptors (Lipinski definition) is 3. The molecule has 0 amide bonds. The Bertz CT molecular complexity index is 763. The summed E-state index contributed by atoms with van der Waals surface area (Å²) in [5.41, 5.74) is 2.09. The first-order valence-electron chi connectivity index (χ1n) is 6.96. The molecule has 0 aliphatic carbocycles. The lowest BCUT2D eigenvalue weighted by molar-refractivity contribution is 0.403. The van der Waals surface area contributed by atoms with Crippen molar-refractivity contribution in [2.75, 3.05) is 11.9 Å². The molecule has 106 valence electrons. The first kappa shape index (κ1) is 13.3. The quantitative estimate of drug-likeness (QED) is 0.635. The van der Waals surface area contributed by atoms with Crippen molar-refractivity contribution in [3.63, 3.8) is 0 Å². The van der Waals surface area contributed by atoms with Crippen LogP contribution in [-0.2, 0) is 6.42 Å². The zero-order valence-corrected chi connectivity index (χ0v) is 11.6. The van der Waals surface area contributed by atoms with Crippen molar-refractivity contribution in [2.24, 2.45) is 0 Å². The molecule has 0 saturated carbocycles. The molecule has 3 heteroatoms. The lowest BCUT2D eigenvalue weighted by Gasteiger charge is -2.10. The Kier molecular flexibility index (Phi) is 3.65. The van der Waals surface area contributed by atoms with Gasteiger partial charge in [-0.25, -0.2) is 0 Å². The molecule has 0 radical (unpaired) electrons. The number of phenols is 2. The van der Waals surface area contributed by atoms with E-state index in [1.165, 1.54) is 16.8 Å². The highest BCUT2D eigenvalue weighted by Crippen LogP contribution is 2.26. The van der Waals surface area contributed by atoms with E-state index in [2.05, 4.69) is 29.6 Å². The molecule has 0 bridgehead atoms. The number of nitrogens with one attached hydrogen (secondary N) is 1. The van der Waals surface area contributed by atoms with Gasteiger partial charge in [-0.05, 0) is 35.6 Å². The van der Waals surface area contributed by atoms with Gasteiger partial charge in [0, 0.05) is 17.6 Å². The maximum atomic E-state index is 9.49. The molecule has 3 aromatic carbocycles. The van der Waals surface area contributed by atoms with E-state index in [0.29, 0.717) is 0 Å². The van der Waals surface area contributed by atoms with E-state index >= 15 is 0 Å². The molecule has 0 heterocycles. The molecule has 3 rings (SSSR count). The van der Waals surface area contributed by atoms with E-state index < -0.39 is 0 Å². The minimum Gasteiger partial charge on any atom is -0.504 e. The largest absolute Gasteiger partial charge is 0.504 e. The second-order valence-electron chi connectivity index (χ2n) is 5.03. The predicted molar refractivity (Wildman–Crippen MR) is 85.9 cm³/mol. The molecule has 3 aromatic rings. The van der Waals surface area contributed by atoms with Crippen molar-refractivity contribution >= 4 is 16.5 Å². The topological polar surface area (TPSA) is 52.5 Å². The van der Waals surface area contributed by atoms with Gasteiger partial charge in [-0.15, -0.1) is 0 Å². The van der Waals surface area contributed by atoms with E-state index in [-0.39, 0.29) is 11.5 Å². The van der Waals surface area contributed by atoms with Gasteiger partial charge in [0.1, 0.15) is 0 Å². The molecule has 3 nitrogen and oxygen atoms in total. The van der Waals surface area contributed by atoms with E-state index in [9.17, 15) is 10.2 Å². The van der Waals surface area contributed by atoms with Crippen LogP contribution >= 0.6 is 0 Å². The summed E-state index contributed by atoms with van der Waals surface area (Å²) in [7, 11) is 0. The molecule has 0 spiro atoms. The second-order valence-corrected chi connectivity index (χ2v) is 5.03. The summed E-state index contributed by atoms with van der Waals surface area (Å²) < 4.78 is 0. The number of rotatable bonds is 4. The Hall–Kier alpha value is -2.68. The van der Waals surface area contributed by atoms with E-state index in [0.717, 1.165) is 24.2 Å². The van der Waals surface area contributed by atoms with Gasteiger partial charge in [-0.2, -0.15) is 0 Å². The SMILES string of the molecule is Oc1ccc(CCNc2cccc3ccccc23)cc1O. The lowest BCUT2D eigenvalue weighted by Crippen LogP contribution is -2.05. The summed E-state index contributed by atoms with van der Waals surface area (Å²) in [4.78, 5) is 0. The number of anilines is 1. The molecule has 21 heavy (non-hydrogen) atoms. The maximum absolute atomic E-state index is 9.49. The van der Waals surface area contributed by atoms with Crippen LogP contribution in [0.1, 0.15) is 5.56 Å². The Balaban J connectivity index is 1.70. The average Bonchev–Trinajstić information content (AvgIpc) is 2.51. The van der Waals surface area contributed by atoms with Gasteiger partial charge in [-0.3, -0.25) is 0 Å². The van der Waals surface area contributed by atoms with Crippen LogP contribution in [0.3, 0.4) is 0 Å². The van der Waals surface area contributed by atoms with Gasteiger partial charge < -0.3 is 15.5 Å². The Labute approximate surface area is 123 Å². The molecule has 0 aromatic heterocycles. The minimum absolute atomic E-state index is 0.0716. The number of fused-ring (bicyclic) bond motifs is 1. The third-order valence-electron chi connectivity index (χ3n) is 3.56. The molecule has 0 saturated heterocycles. The Morgan fingerprint density at radius 1 is 0.810 bits per heavy atom. The van der Waals surface area contributed by atoms with Crippen molar-refractivity contribution in [3.8, 4) is 11.5 Å². The van der Waals surface area contributed by atoms with Crippen LogP contribution < -0.4 is 5.32 Å². The van der Waals surface area contributed by atoms with E-state index in [4.69, 9.17) is 0 Å². The molecule has 0 atom stereocenters. The van der Waals surface area contributed by atoms with Crippen LogP contribution in [0.5, 0.6) is 11.5 Å². The van der Waals surface area contributed by atoms with Gasteiger partial charge >= 0.3 is 0 Å². The third-order valence-corrected chi connectivity index (χ3v) is 3.56. The normalized spacial score (nSPS) is 10.7. The van der Waals surface area contributed by atoms with Crippen LogP contribution in [0, 0.1) is 0 Å². The second kappa shape index (κ2) is 5.75. The van der Waals surface area contributed by atoms with Gasteiger partial charge in [0.15, 0.2) is 11.5 Å². The van der Waals surface area contributed by atoms with Crippen molar-refractivity contribution < 1.29 is 10.2 Å². The van der Waals surface area contributed by atoms with E-state index in [1.807, 2.05) is 24.3 Å². The van der Waals surface area contributed by atoms with Crippen LogP contribution in [0.4, 0.5) is 5.69 Å². The van der Waals surface area contributed by atoms with Crippen molar-refractivity contribution in [1.82, 2.24) is 0 Å². The molecular formula is C18H17NO2. The number of benzene rings is 3. The maximum Gasteiger partial charge on any atom is 0.157 e.